The molecule has 2 aliphatic rings. The highest BCUT2D eigenvalue weighted by atomic mass is 35.5. The highest BCUT2D eigenvalue weighted by Crippen LogP contribution is 2.36. The Kier molecular flexibility index (Phi) is 5.06. The van der Waals surface area contributed by atoms with Crippen molar-refractivity contribution in [1.82, 2.24) is 4.90 Å². The highest BCUT2D eigenvalue weighted by Gasteiger charge is 2.42. The second-order valence-corrected chi connectivity index (χ2v) is 8.16. The summed E-state index contributed by atoms with van der Waals surface area (Å²) >= 11 is 7.52. The van der Waals surface area contributed by atoms with Crippen molar-refractivity contribution < 1.29 is 4.79 Å². The molecule has 2 heterocycles. The molecule has 4 rings (SSSR count). The standard InChI is InChI=1S/C21H20ClN3OS/c1-3-13(2)18-20(26)25-19(24-18)16-6-4-5-7-17(16)23-21(25)27-12-14-8-10-15(22)11-9-14/h4-11,13,18H,3,12H2,1-2H3/t13-,18-/m1/s1. The molecular formula is C21H20ClN3OS. The third kappa shape index (κ3) is 3.42. The number of amidine groups is 2. The predicted octanol–water partition coefficient (Wildman–Crippen LogP) is 5.28. The number of nitrogens with zero attached hydrogens (tertiary/aromatic N) is 3. The summed E-state index contributed by atoms with van der Waals surface area (Å²) in [5.41, 5.74) is 2.92. The molecule has 0 saturated heterocycles. The molecule has 2 aromatic carbocycles. The van der Waals surface area contributed by atoms with Crippen molar-refractivity contribution in [3.05, 3.63) is 64.7 Å². The Morgan fingerprint density at radius 1 is 1.19 bits per heavy atom. The monoisotopic (exact) mass is 397 g/mol. The largest absolute Gasteiger partial charge is 0.271 e. The zero-order chi connectivity index (χ0) is 19.0. The molecule has 27 heavy (non-hydrogen) atoms. The summed E-state index contributed by atoms with van der Waals surface area (Å²) in [6.07, 6.45) is 0.910. The minimum atomic E-state index is -0.336. The maximum absolute atomic E-state index is 13.1. The molecule has 0 saturated carbocycles. The molecule has 2 atom stereocenters. The molecule has 0 radical (unpaired) electrons. The van der Waals surface area contributed by atoms with Crippen LogP contribution in [-0.4, -0.2) is 27.9 Å². The highest BCUT2D eigenvalue weighted by molar-refractivity contribution is 8.13. The van der Waals surface area contributed by atoms with Crippen LogP contribution in [0.1, 0.15) is 31.4 Å². The van der Waals surface area contributed by atoms with Crippen molar-refractivity contribution in [2.45, 2.75) is 32.1 Å². The van der Waals surface area contributed by atoms with E-state index in [0.29, 0.717) is 15.9 Å². The quantitative estimate of drug-likeness (QED) is 0.704. The number of thioether (sulfide) groups is 1. The van der Waals surface area contributed by atoms with Gasteiger partial charge in [0.05, 0.1) is 5.69 Å². The van der Waals surface area contributed by atoms with Crippen LogP contribution in [0.2, 0.25) is 5.02 Å². The van der Waals surface area contributed by atoms with E-state index in [1.807, 2.05) is 48.5 Å². The van der Waals surface area contributed by atoms with Crippen molar-refractivity contribution >= 4 is 46.0 Å². The molecular weight excluding hydrogens is 378 g/mol. The van der Waals surface area contributed by atoms with Crippen molar-refractivity contribution in [2.24, 2.45) is 15.9 Å². The van der Waals surface area contributed by atoms with Crippen LogP contribution in [0.3, 0.4) is 0 Å². The number of hydrogen-bond acceptors (Lipinski definition) is 4. The van der Waals surface area contributed by atoms with Gasteiger partial charge in [0, 0.05) is 16.3 Å². The predicted molar refractivity (Wildman–Crippen MR) is 113 cm³/mol. The normalized spacial score (nSPS) is 19.3. The van der Waals surface area contributed by atoms with Crippen LogP contribution in [-0.2, 0) is 10.5 Å². The van der Waals surface area contributed by atoms with Gasteiger partial charge in [-0.1, -0.05) is 67.9 Å². The van der Waals surface area contributed by atoms with E-state index < -0.39 is 0 Å². The summed E-state index contributed by atoms with van der Waals surface area (Å²) < 4.78 is 0. The van der Waals surface area contributed by atoms with Crippen LogP contribution >= 0.6 is 23.4 Å². The first-order chi connectivity index (χ1) is 13.1. The number of fused-ring (bicyclic) bond motifs is 3. The smallest absolute Gasteiger partial charge is 0.259 e. The lowest BCUT2D eigenvalue weighted by Gasteiger charge is -2.26. The fourth-order valence-corrected chi connectivity index (χ4v) is 4.27. The summed E-state index contributed by atoms with van der Waals surface area (Å²) in [5.74, 6) is 1.67. The first-order valence-corrected chi connectivity index (χ1v) is 10.4. The molecule has 6 heteroatoms. The number of para-hydroxylation sites is 1. The number of rotatable bonds is 4. The van der Waals surface area contributed by atoms with Gasteiger partial charge in [0.1, 0.15) is 11.9 Å². The van der Waals surface area contributed by atoms with E-state index in [-0.39, 0.29) is 17.9 Å². The number of halogens is 1. The van der Waals surface area contributed by atoms with Crippen molar-refractivity contribution in [1.29, 1.82) is 0 Å². The third-order valence-electron chi connectivity index (χ3n) is 4.96. The summed E-state index contributed by atoms with van der Waals surface area (Å²) in [6.45, 7) is 4.17. The van der Waals surface area contributed by atoms with Gasteiger partial charge in [-0.3, -0.25) is 9.79 Å². The fraction of sp³-hybridized carbons (Fsp3) is 0.286. The molecule has 0 N–H and O–H groups in total. The lowest BCUT2D eigenvalue weighted by atomic mass is 10.00. The molecule has 2 aromatic rings. The number of aliphatic imine (C=N–C) groups is 2. The van der Waals surface area contributed by atoms with E-state index in [1.54, 1.807) is 16.7 Å². The number of carbonyl (C=O) groups is 1. The van der Waals surface area contributed by atoms with E-state index in [0.717, 1.165) is 29.1 Å². The van der Waals surface area contributed by atoms with Crippen LogP contribution in [0, 0.1) is 5.92 Å². The molecule has 0 unspecified atom stereocenters. The summed E-state index contributed by atoms with van der Waals surface area (Å²) in [7, 11) is 0. The number of hydrogen-bond donors (Lipinski definition) is 0. The fourth-order valence-electron chi connectivity index (χ4n) is 3.19. The number of carbonyl (C=O) groups excluding carboxylic acids is 1. The third-order valence-corrected chi connectivity index (χ3v) is 6.22. The van der Waals surface area contributed by atoms with Crippen molar-refractivity contribution in [3.63, 3.8) is 0 Å². The van der Waals surface area contributed by atoms with Gasteiger partial charge in [0.25, 0.3) is 5.91 Å². The zero-order valence-corrected chi connectivity index (χ0v) is 16.8. The van der Waals surface area contributed by atoms with Crippen molar-refractivity contribution in [2.75, 3.05) is 0 Å². The molecule has 4 nitrogen and oxygen atoms in total. The Balaban J connectivity index is 1.67. The van der Waals surface area contributed by atoms with Gasteiger partial charge in [-0.05, 0) is 35.7 Å². The van der Waals surface area contributed by atoms with E-state index in [9.17, 15) is 4.79 Å². The Morgan fingerprint density at radius 2 is 1.93 bits per heavy atom. The zero-order valence-electron chi connectivity index (χ0n) is 15.2. The van der Waals surface area contributed by atoms with E-state index >= 15 is 0 Å². The van der Waals surface area contributed by atoms with Gasteiger partial charge in [0.15, 0.2) is 5.17 Å². The van der Waals surface area contributed by atoms with Gasteiger partial charge < -0.3 is 0 Å². The summed E-state index contributed by atoms with van der Waals surface area (Å²) in [5, 5.41) is 1.41. The second-order valence-electron chi connectivity index (χ2n) is 6.78. The number of benzene rings is 2. The Labute approximate surface area is 168 Å². The first kappa shape index (κ1) is 18.3. The Bertz CT molecular complexity index is 939. The molecule has 1 amide bonds. The van der Waals surface area contributed by atoms with E-state index in [2.05, 4.69) is 13.8 Å². The topological polar surface area (TPSA) is 45.0 Å². The minimum absolute atomic E-state index is 0.0243. The molecule has 0 aromatic heterocycles. The van der Waals surface area contributed by atoms with Gasteiger partial charge in [-0.15, -0.1) is 0 Å². The molecule has 0 aliphatic carbocycles. The molecule has 0 spiro atoms. The number of amides is 1. The molecule has 0 bridgehead atoms. The van der Waals surface area contributed by atoms with E-state index in [1.165, 1.54) is 0 Å². The van der Waals surface area contributed by atoms with Gasteiger partial charge in [-0.2, -0.15) is 0 Å². The van der Waals surface area contributed by atoms with Crippen LogP contribution < -0.4 is 0 Å². The lowest BCUT2D eigenvalue weighted by molar-refractivity contribution is -0.125. The lowest BCUT2D eigenvalue weighted by Crippen LogP contribution is -2.42. The second kappa shape index (κ2) is 7.49. The SMILES string of the molecule is CC[C@@H](C)[C@H]1N=C2c3ccccc3N=C(SCc3ccc(Cl)cc3)N2C1=O. The Morgan fingerprint density at radius 3 is 2.67 bits per heavy atom. The first-order valence-electron chi connectivity index (χ1n) is 9.05. The van der Waals surface area contributed by atoms with Gasteiger partial charge >= 0.3 is 0 Å². The average molecular weight is 398 g/mol. The van der Waals surface area contributed by atoms with Crippen LogP contribution in [0.5, 0.6) is 0 Å². The van der Waals surface area contributed by atoms with Crippen LogP contribution in [0.25, 0.3) is 0 Å². The minimum Gasteiger partial charge on any atom is -0.271 e. The molecule has 138 valence electrons. The summed E-state index contributed by atoms with van der Waals surface area (Å²) in [6, 6.07) is 15.3. The maximum atomic E-state index is 13.1. The maximum Gasteiger partial charge on any atom is 0.259 e. The van der Waals surface area contributed by atoms with E-state index in [4.69, 9.17) is 21.6 Å². The van der Waals surface area contributed by atoms with Crippen LogP contribution in [0.4, 0.5) is 5.69 Å². The van der Waals surface area contributed by atoms with Gasteiger partial charge in [-0.25, -0.2) is 9.89 Å². The summed E-state index contributed by atoms with van der Waals surface area (Å²) in [4.78, 5) is 24.4. The average Bonchev–Trinajstić information content (AvgIpc) is 3.04. The van der Waals surface area contributed by atoms with Gasteiger partial charge in [0.2, 0.25) is 0 Å². The Hall–Kier alpha value is -2.11. The molecule has 2 aliphatic heterocycles. The van der Waals surface area contributed by atoms with Crippen molar-refractivity contribution in [3.8, 4) is 0 Å². The molecule has 0 fully saturated rings. The van der Waals surface area contributed by atoms with Crippen LogP contribution in [0.15, 0.2) is 58.5 Å².